The summed E-state index contributed by atoms with van der Waals surface area (Å²) in [6, 6.07) is 25.4. The molecule has 0 atom stereocenters. The van der Waals surface area contributed by atoms with Crippen LogP contribution in [0, 0.1) is 0 Å². The number of hydrazone groups is 1. The highest BCUT2D eigenvalue weighted by Crippen LogP contribution is 2.29. The Morgan fingerprint density at radius 3 is 2.35 bits per heavy atom. The van der Waals surface area contributed by atoms with Gasteiger partial charge >= 0.3 is 0 Å². The lowest BCUT2D eigenvalue weighted by molar-refractivity contribution is 1.16. The van der Waals surface area contributed by atoms with Crippen molar-refractivity contribution in [1.29, 1.82) is 0 Å². The van der Waals surface area contributed by atoms with Crippen LogP contribution in [0.4, 0.5) is 5.95 Å². The molecule has 0 spiro atoms. The van der Waals surface area contributed by atoms with E-state index in [0.717, 1.165) is 27.7 Å². The van der Waals surface area contributed by atoms with E-state index in [0.29, 0.717) is 11.0 Å². The smallest absolute Gasteiger partial charge is 0.244 e. The second-order valence-electron chi connectivity index (χ2n) is 5.70. The average molecular weight is 359 g/mol. The molecule has 4 rings (SSSR count). The summed E-state index contributed by atoms with van der Waals surface area (Å²) in [6.45, 7) is 0. The molecule has 4 aromatic rings. The standard InChI is InChI=1S/C21H15ClN4/c22-17-11-12-19-18(13-17)20(16-9-5-2-6-10-16)25-21(24-19)26-23-14-15-7-3-1-4-8-15/h1-14H,(H,24,25,26). The lowest BCUT2D eigenvalue weighted by Crippen LogP contribution is -1.99. The van der Waals surface area contributed by atoms with Gasteiger partial charge in [0.15, 0.2) is 0 Å². The van der Waals surface area contributed by atoms with Crippen LogP contribution < -0.4 is 5.43 Å². The fraction of sp³-hybridized carbons (Fsp3) is 0. The zero-order valence-corrected chi connectivity index (χ0v) is 14.6. The van der Waals surface area contributed by atoms with E-state index in [2.05, 4.69) is 20.5 Å². The zero-order chi connectivity index (χ0) is 17.8. The Kier molecular flexibility index (Phi) is 4.58. The van der Waals surface area contributed by atoms with Crippen molar-refractivity contribution in [3.05, 3.63) is 89.4 Å². The van der Waals surface area contributed by atoms with Gasteiger partial charge in [-0.25, -0.2) is 15.4 Å². The number of fused-ring (bicyclic) bond motifs is 1. The van der Waals surface area contributed by atoms with Crippen molar-refractivity contribution in [3.8, 4) is 11.3 Å². The third-order valence-corrected chi connectivity index (χ3v) is 4.12. The molecule has 126 valence electrons. The minimum Gasteiger partial charge on any atom is -0.245 e. The van der Waals surface area contributed by atoms with Crippen LogP contribution >= 0.6 is 11.6 Å². The van der Waals surface area contributed by atoms with Gasteiger partial charge in [0.1, 0.15) is 0 Å². The number of benzene rings is 3. The number of nitrogens with zero attached hydrogens (tertiary/aromatic N) is 3. The predicted octanol–water partition coefficient (Wildman–Crippen LogP) is 5.40. The lowest BCUT2D eigenvalue weighted by atomic mass is 10.1. The number of hydrogen-bond donors (Lipinski definition) is 1. The molecule has 1 heterocycles. The SMILES string of the molecule is Clc1ccc2nc(NN=Cc3ccccc3)nc(-c3ccccc3)c2c1. The molecule has 4 nitrogen and oxygen atoms in total. The molecule has 0 fully saturated rings. The number of rotatable bonds is 4. The first-order valence-electron chi connectivity index (χ1n) is 8.16. The molecule has 0 amide bonds. The molecule has 0 aliphatic heterocycles. The zero-order valence-electron chi connectivity index (χ0n) is 13.8. The molecule has 1 N–H and O–H groups in total. The van der Waals surface area contributed by atoms with Crippen molar-refractivity contribution in [3.63, 3.8) is 0 Å². The molecule has 3 aromatic carbocycles. The first-order chi connectivity index (χ1) is 12.8. The summed E-state index contributed by atoms with van der Waals surface area (Å²) in [5, 5.41) is 5.80. The summed E-state index contributed by atoms with van der Waals surface area (Å²) >= 11 is 6.17. The normalized spacial score (nSPS) is 11.1. The van der Waals surface area contributed by atoms with Crippen molar-refractivity contribution >= 4 is 34.7 Å². The number of nitrogens with one attached hydrogen (secondary N) is 1. The molecule has 0 aliphatic rings. The van der Waals surface area contributed by atoms with Gasteiger partial charge < -0.3 is 0 Å². The molecule has 1 aromatic heterocycles. The van der Waals surface area contributed by atoms with E-state index in [1.807, 2.05) is 78.9 Å². The molecule has 0 bridgehead atoms. The molecule has 5 heteroatoms. The van der Waals surface area contributed by atoms with Crippen LogP contribution in [-0.4, -0.2) is 16.2 Å². The second kappa shape index (κ2) is 7.33. The van der Waals surface area contributed by atoms with Crippen LogP contribution in [0.3, 0.4) is 0 Å². The third kappa shape index (κ3) is 3.55. The van der Waals surface area contributed by atoms with E-state index in [1.165, 1.54) is 0 Å². The third-order valence-electron chi connectivity index (χ3n) is 3.88. The fourth-order valence-corrected chi connectivity index (χ4v) is 2.84. The maximum atomic E-state index is 6.17. The van der Waals surface area contributed by atoms with Crippen molar-refractivity contribution in [1.82, 2.24) is 9.97 Å². The molecule has 0 unspecified atom stereocenters. The van der Waals surface area contributed by atoms with Gasteiger partial charge in [-0.2, -0.15) is 5.10 Å². The Hall–Kier alpha value is -3.24. The summed E-state index contributed by atoms with van der Waals surface area (Å²) in [7, 11) is 0. The maximum absolute atomic E-state index is 6.17. The van der Waals surface area contributed by atoms with Crippen LogP contribution in [-0.2, 0) is 0 Å². The average Bonchev–Trinajstić information content (AvgIpc) is 2.69. The van der Waals surface area contributed by atoms with Crippen molar-refractivity contribution in [2.75, 3.05) is 5.43 Å². The Labute approximate surface area is 156 Å². The fourth-order valence-electron chi connectivity index (χ4n) is 2.67. The number of aromatic nitrogens is 2. The van der Waals surface area contributed by atoms with E-state index in [4.69, 9.17) is 11.6 Å². The van der Waals surface area contributed by atoms with Gasteiger partial charge in [0.25, 0.3) is 0 Å². The number of halogens is 1. The topological polar surface area (TPSA) is 50.2 Å². The molecular formula is C21H15ClN4. The van der Waals surface area contributed by atoms with Gasteiger partial charge in [-0.05, 0) is 23.8 Å². The van der Waals surface area contributed by atoms with Gasteiger partial charge in [0, 0.05) is 16.0 Å². The van der Waals surface area contributed by atoms with E-state index in [1.54, 1.807) is 6.21 Å². The van der Waals surface area contributed by atoms with E-state index in [9.17, 15) is 0 Å². The van der Waals surface area contributed by atoms with Crippen LogP contribution in [0.25, 0.3) is 22.2 Å². The summed E-state index contributed by atoms with van der Waals surface area (Å²) < 4.78 is 0. The maximum Gasteiger partial charge on any atom is 0.244 e. The summed E-state index contributed by atoms with van der Waals surface area (Å²) in [5.74, 6) is 0.436. The highest BCUT2D eigenvalue weighted by Gasteiger charge is 2.10. The van der Waals surface area contributed by atoms with Crippen LogP contribution in [0.15, 0.2) is 84.0 Å². The monoisotopic (exact) mass is 358 g/mol. The van der Waals surface area contributed by atoms with Crippen molar-refractivity contribution < 1.29 is 0 Å². The van der Waals surface area contributed by atoms with E-state index < -0.39 is 0 Å². The number of hydrogen-bond acceptors (Lipinski definition) is 4. The summed E-state index contributed by atoms with van der Waals surface area (Å²) in [4.78, 5) is 9.19. The first-order valence-corrected chi connectivity index (χ1v) is 8.54. The Bertz CT molecular complexity index is 1060. The highest BCUT2D eigenvalue weighted by atomic mass is 35.5. The summed E-state index contributed by atoms with van der Waals surface area (Å²) in [6.07, 6.45) is 1.73. The van der Waals surface area contributed by atoms with Crippen LogP contribution in [0.5, 0.6) is 0 Å². The van der Waals surface area contributed by atoms with E-state index >= 15 is 0 Å². The largest absolute Gasteiger partial charge is 0.245 e. The van der Waals surface area contributed by atoms with Crippen LogP contribution in [0.2, 0.25) is 5.02 Å². The first kappa shape index (κ1) is 16.2. The van der Waals surface area contributed by atoms with Gasteiger partial charge in [-0.1, -0.05) is 72.3 Å². The molecule has 0 aliphatic carbocycles. The lowest BCUT2D eigenvalue weighted by Gasteiger charge is -2.09. The van der Waals surface area contributed by atoms with Gasteiger partial charge in [0.2, 0.25) is 5.95 Å². The van der Waals surface area contributed by atoms with Crippen molar-refractivity contribution in [2.45, 2.75) is 0 Å². The van der Waals surface area contributed by atoms with Crippen LogP contribution in [0.1, 0.15) is 5.56 Å². The van der Waals surface area contributed by atoms with Crippen molar-refractivity contribution in [2.24, 2.45) is 5.10 Å². The molecule has 26 heavy (non-hydrogen) atoms. The number of anilines is 1. The Morgan fingerprint density at radius 1 is 0.846 bits per heavy atom. The quantitative estimate of drug-likeness (QED) is 0.392. The van der Waals surface area contributed by atoms with E-state index in [-0.39, 0.29) is 0 Å². The highest BCUT2D eigenvalue weighted by molar-refractivity contribution is 6.31. The second-order valence-corrected chi connectivity index (χ2v) is 6.14. The summed E-state index contributed by atoms with van der Waals surface area (Å²) in [5.41, 5.74) is 6.54. The molecule has 0 saturated heterocycles. The van der Waals surface area contributed by atoms with Gasteiger partial charge in [-0.15, -0.1) is 0 Å². The predicted molar refractivity (Wildman–Crippen MR) is 108 cm³/mol. The Balaban J connectivity index is 1.74. The molecule has 0 radical (unpaired) electrons. The van der Waals surface area contributed by atoms with Gasteiger partial charge in [-0.3, -0.25) is 0 Å². The minimum atomic E-state index is 0.436. The Morgan fingerprint density at radius 2 is 1.58 bits per heavy atom. The molecule has 0 saturated carbocycles. The van der Waals surface area contributed by atoms with Gasteiger partial charge in [0.05, 0.1) is 17.4 Å². The molecular weight excluding hydrogens is 344 g/mol. The minimum absolute atomic E-state index is 0.436.